The molecule has 1 aliphatic rings. The third-order valence-electron chi connectivity index (χ3n) is 3.71. The van der Waals surface area contributed by atoms with Crippen LogP contribution in [0.25, 0.3) is 5.57 Å². The zero-order chi connectivity index (χ0) is 15.7. The number of nitrogens with zero attached hydrogens (tertiary/aromatic N) is 1. The molecule has 4 heteroatoms. The molecule has 4 nitrogen and oxygen atoms in total. The summed E-state index contributed by atoms with van der Waals surface area (Å²) in [5.41, 5.74) is 4.20. The molecule has 0 aromatic heterocycles. The number of hydrogen-bond donors (Lipinski definition) is 1. The van der Waals surface area contributed by atoms with Crippen molar-refractivity contribution in [3.05, 3.63) is 70.3 Å². The van der Waals surface area contributed by atoms with Crippen LogP contribution in [0.15, 0.2) is 48.0 Å². The van der Waals surface area contributed by atoms with E-state index in [-0.39, 0.29) is 5.56 Å². The van der Waals surface area contributed by atoms with Crippen LogP contribution in [0, 0.1) is 11.3 Å². The number of aromatic carboxylic acids is 1. The van der Waals surface area contributed by atoms with Crippen LogP contribution < -0.4 is 4.74 Å². The summed E-state index contributed by atoms with van der Waals surface area (Å²) in [5, 5.41) is 18.5. The van der Waals surface area contributed by atoms with Gasteiger partial charge in [0.05, 0.1) is 11.6 Å². The molecule has 0 atom stereocenters. The van der Waals surface area contributed by atoms with Gasteiger partial charge in [-0.3, -0.25) is 0 Å². The molecule has 0 fully saturated rings. The van der Waals surface area contributed by atoms with Crippen molar-refractivity contribution in [3.63, 3.8) is 0 Å². The minimum absolute atomic E-state index is 0.165. The van der Waals surface area contributed by atoms with Gasteiger partial charge < -0.3 is 9.84 Å². The van der Waals surface area contributed by atoms with E-state index in [0.29, 0.717) is 17.9 Å². The van der Waals surface area contributed by atoms with Crippen molar-refractivity contribution in [3.8, 4) is 11.8 Å². The summed E-state index contributed by atoms with van der Waals surface area (Å²) in [6.07, 6.45) is 0. The predicted octanol–water partition coefficient (Wildman–Crippen LogP) is 3.62. The number of carboxylic acid groups (broad SMARTS) is 1. The molecular weight excluding hydrogens is 278 g/mol. The van der Waals surface area contributed by atoms with Crippen molar-refractivity contribution < 1.29 is 14.6 Å². The highest BCUT2D eigenvalue weighted by Crippen LogP contribution is 2.38. The van der Waals surface area contributed by atoms with Gasteiger partial charge in [-0.15, -0.1) is 0 Å². The van der Waals surface area contributed by atoms with E-state index >= 15 is 0 Å². The lowest BCUT2D eigenvalue weighted by Crippen LogP contribution is -1.99. The van der Waals surface area contributed by atoms with Crippen molar-refractivity contribution in [1.29, 1.82) is 5.26 Å². The van der Waals surface area contributed by atoms with E-state index in [1.807, 2.05) is 24.3 Å². The van der Waals surface area contributed by atoms with Crippen molar-refractivity contribution in [2.45, 2.75) is 13.5 Å². The molecule has 1 heterocycles. The standard InChI is InChI=1S/C18H13NO3/c1-11(9-19)17-14-5-3-2-4-13(14)10-22-16-8-12(18(20)21)6-7-15(16)17/h2-8H,10H2,1H3,(H,20,21). The topological polar surface area (TPSA) is 70.3 Å². The molecule has 1 N–H and O–H groups in total. The normalized spacial score (nSPS) is 14.7. The molecule has 3 rings (SSSR count). The van der Waals surface area contributed by atoms with Crippen LogP contribution in [0.3, 0.4) is 0 Å². The molecule has 2 aromatic carbocycles. The second-order valence-corrected chi connectivity index (χ2v) is 5.07. The third-order valence-corrected chi connectivity index (χ3v) is 3.71. The van der Waals surface area contributed by atoms with Gasteiger partial charge in [0.2, 0.25) is 0 Å². The van der Waals surface area contributed by atoms with E-state index < -0.39 is 5.97 Å². The fourth-order valence-electron chi connectivity index (χ4n) is 2.63. The molecule has 0 amide bonds. The molecule has 0 spiro atoms. The lowest BCUT2D eigenvalue weighted by molar-refractivity contribution is 0.0696. The molecule has 1 aliphatic heterocycles. The maximum atomic E-state index is 11.1. The Labute approximate surface area is 127 Å². The highest BCUT2D eigenvalue weighted by molar-refractivity contribution is 5.92. The van der Waals surface area contributed by atoms with E-state index in [1.54, 1.807) is 13.0 Å². The molecule has 0 saturated carbocycles. The van der Waals surface area contributed by atoms with Crippen LogP contribution in [0.5, 0.6) is 5.75 Å². The molecule has 22 heavy (non-hydrogen) atoms. The highest BCUT2D eigenvalue weighted by Gasteiger charge is 2.22. The Morgan fingerprint density at radius 3 is 2.73 bits per heavy atom. The quantitative estimate of drug-likeness (QED) is 0.815. The molecule has 0 bridgehead atoms. The lowest BCUT2D eigenvalue weighted by Gasteiger charge is -2.11. The number of ether oxygens (including phenoxy) is 1. The molecule has 0 radical (unpaired) electrons. The average molecular weight is 291 g/mol. The number of carboxylic acids is 1. The minimum atomic E-state index is -1.00. The van der Waals surface area contributed by atoms with Gasteiger partial charge in [-0.25, -0.2) is 4.79 Å². The van der Waals surface area contributed by atoms with Crippen LogP contribution in [0.4, 0.5) is 0 Å². The maximum Gasteiger partial charge on any atom is 0.335 e. The Balaban J connectivity index is 2.30. The summed E-state index contributed by atoms with van der Waals surface area (Å²) in [5.74, 6) is -0.517. The summed E-state index contributed by atoms with van der Waals surface area (Å²) in [6.45, 7) is 2.10. The second kappa shape index (κ2) is 5.38. The summed E-state index contributed by atoms with van der Waals surface area (Å²) >= 11 is 0. The first kappa shape index (κ1) is 13.9. The molecule has 0 unspecified atom stereocenters. The largest absolute Gasteiger partial charge is 0.488 e. The number of allylic oxidation sites excluding steroid dienone is 1. The Kier molecular flexibility index (Phi) is 3.40. The van der Waals surface area contributed by atoms with E-state index in [9.17, 15) is 10.1 Å². The van der Waals surface area contributed by atoms with Crippen LogP contribution in [-0.4, -0.2) is 11.1 Å². The van der Waals surface area contributed by atoms with Crippen LogP contribution >= 0.6 is 0 Å². The number of hydrogen-bond acceptors (Lipinski definition) is 3. The van der Waals surface area contributed by atoms with Gasteiger partial charge in [0.1, 0.15) is 12.4 Å². The molecule has 2 aromatic rings. The van der Waals surface area contributed by atoms with Gasteiger partial charge in [0, 0.05) is 16.7 Å². The Morgan fingerprint density at radius 2 is 2.00 bits per heavy atom. The fourth-order valence-corrected chi connectivity index (χ4v) is 2.63. The van der Waals surface area contributed by atoms with Gasteiger partial charge >= 0.3 is 5.97 Å². The SMILES string of the molecule is CC(C#N)=C1c2ccccc2COc2cc(C(=O)O)ccc21. The molecule has 0 aliphatic carbocycles. The Bertz CT molecular complexity index is 844. The smallest absolute Gasteiger partial charge is 0.335 e. The van der Waals surface area contributed by atoms with E-state index in [2.05, 4.69) is 6.07 Å². The zero-order valence-corrected chi connectivity index (χ0v) is 12.0. The summed E-state index contributed by atoms with van der Waals surface area (Å²) in [7, 11) is 0. The second-order valence-electron chi connectivity index (χ2n) is 5.07. The number of benzene rings is 2. The van der Waals surface area contributed by atoms with Crippen LogP contribution in [0.1, 0.15) is 34.0 Å². The van der Waals surface area contributed by atoms with Gasteiger partial charge in [0.15, 0.2) is 0 Å². The highest BCUT2D eigenvalue weighted by atomic mass is 16.5. The molecular formula is C18H13NO3. The zero-order valence-electron chi connectivity index (χ0n) is 12.0. The number of fused-ring (bicyclic) bond motifs is 2. The summed E-state index contributed by atoms with van der Waals surface area (Å²) in [4.78, 5) is 11.1. The van der Waals surface area contributed by atoms with Gasteiger partial charge in [-0.1, -0.05) is 24.3 Å². The van der Waals surface area contributed by atoms with E-state index in [0.717, 1.165) is 22.3 Å². The summed E-state index contributed by atoms with van der Waals surface area (Å²) < 4.78 is 5.78. The van der Waals surface area contributed by atoms with Gasteiger partial charge in [0.25, 0.3) is 0 Å². The molecule has 108 valence electrons. The first-order valence-corrected chi connectivity index (χ1v) is 6.81. The minimum Gasteiger partial charge on any atom is -0.488 e. The fraction of sp³-hybridized carbons (Fsp3) is 0.111. The van der Waals surface area contributed by atoms with Crippen LogP contribution in [0.2, 0.25) is 0 Å². The van der Waals surface area contributed by atoms with E-state index in [4.69, 9.17) is 9.84 Å². The van der Waals surface area contributed by atoms with Crippen molar-refractivity contribution in [1.82, 2.24) is 0 Å². The number of rotatable bonds is 1. The Hall–Kier alpha value is -3.06. The summed E-state index contributed by atoms with van der Waals surface area (Å²) in [6, 6.07) is 14.7. The average Bonchev–Trinajstić information content (AvgIpc) is 2.70. The first-order chi connectivity index (χ1) is 10.6. The van der Waals surface area contributed by atoms with Gasteiger partial charge in [-0.05, 0) is 36.2 Å². The van der Waals surface area contributed by atoms with Crippen molar-refractivity contribution in [2.75, 3.05) is 0 Å². The van der Waals surface area contributed by atoms with Crippen LogP contribution in [-0.2, 0) is 6.61 Å². The monoisotopic (exact) mass is 291 g/mol. The maximum absolute atomic E-state index is 11.1. The third kappa shape index (κ3) is 2.23. The predicted molar refractivity (Wildman–Crippen MR) is 81.5 cm³/mol. The van der Waals surface area contributed by atoms with Crippen molar-refractivity contribution in [2.24, 2.45) is 0 Å². The first-order valence-electron chi connectivity index (χ1n) is 6.81. The Morgan fingerprint density at radius 1 is 1.23 bits per heavy atom. The number of carbonyl (C=O) groups is 1. The number of nitriles is 1. The molecule has 0 saturated heterocycles. The lowest BCUT2D eigenvalue weighted by atomic mass is 9.90. The van der Waals surface area contributed by atoms with Crippen molar-refractivity contribution >= 4 is 11.5 Å². The van der Waals surface area contributed by atoms with E-state index in [1.165, 1.54) is 12.1 Å². The van der Waals surface area contributed by atoms with Gasteiger partial charge in [-0.2, -0.15) is 5.26 Å².